The first-order valence-corrected chi connectivity index (χ1v) is 8.48. The third-order valence-electron chi connectivity index (χ3n) is 4.22. The molecule has 1 aliphatic rings. The SMILES string of the molecule is O=C(NCc1ccc(F)cc1)N(Cc1ccncc1)C[C@H]1CCCO1. The highest BCUT2D eigenvalue weighted by atomic mass is 19.1. The molecule has 6 heteroatoms. The molecule has 2 amide bonds. The maximum absolute atomic E-state index is 13.0. The van der Waals surface area contributed by atoms with Crippen LogP contribution < -0.4 is 5.32 Å². The van der Waals surface area contributed by atoms with Gasteiger partial charge < -0.3 is 15.0 Å². The van der Waals surface area contributed by atoms with E-state index in [1.165, 1.54) is 12.1 Å². The number of amides is 2. The summed E-state index contributed by atoms with van der Waals surface area (Å²) in [5.41, 5.74) is 1.88. The van der Waals surface area contributed by atoms with Crippen LogP contribution in [0, 0.1) is 5.82 Å². The molecular weight excluding hydrogens is 321 g/mol. The van der Waals surface area contributed by atoms with E-state index in [-0.39, 0.29) is 18.0 Å². The van der Waals surface area contributed by atoms with E-state index in [4.69, 9.17) is 4.74 Å². The summed E-state index contributed by atoms with van der Waals surface area (Å²) in [6.45, 7) is 2.16. The first-order valence-electron chi connectivity index (χ1n) is 8.48. The van der Waals surface area contributed by atoms with Crippen molar-refractivity contribution in [3.63, 3.8) is 0 Å². The van der Waals surface area contributed by atoms with Gasteiger partial charge >= 0.3 is 6.03 Å². The lowest BCUT2D eigenvalue weighted by Crippen LogP contribution is -2.43. The van der Waals surface area contributed by atoms with E-state index in [2.05, 4.69) is 10.3 Å². The molecule has 1 aromatic heterocycles. The number of carbonyl (C=O) groups is 1. The lowest BCUT2D eigenvalue weighted by molar-refractivity contribution is 0.0794. The number of rotatable bonds is 6. The van der Waals surface area contributed by atoms with Crippen molar-refractivity contribution in [2.75, 3.05) is 13.2 Å². The van der Waals surface area contributed by atoms with E-state index in [0.717, 1.165) is 30.6 Å². The third kappa shape index (κ3) is 5.26. The average Bonchev–Trinajstić information content (AvgIpc) is 3.14. The second-order valence-corrected chi connectivity index (χ2v) is 6.16. The van der Waals surface area contributed by atoms with Gasteiger partial charge in [-0.05, 0) is 48.2 Å². The van der Waals surface area contributed by atoms with Crippen molar-refractivity contribution in [3.05, 3.63) is 65.7 Å². The highest BCUT2D eigenvalue weighted by Crippen LogP contribution is 2.15. The molecule has 2 heterocycles. The number of hydrogen-bond donors (Lipinski definition) is 1. The van der Waals surface area contributed by atoms with Gasteiger partial charge in [0, 0.05) is 38.6 Å². The molecule has 0 radical (unpaired) electrons. The van der Waals surface area contributed by atoms with E-state index in [0.29, 0.717) is 19.6 Å². The van der Waals surface area contributed by atoms with Gasteiger partial charge in [-0.25, -0.2) is 9.18 Å². The number of nitrogens with zero attached hydrogens (tertiary/aromatic N) is 2. The van der Waals surface area contributed by atoms with E-state index in [9.17, 15) is 9.18 Å². The van der Waals surface area contributed by atoms with E-state index in [1.54, 1.807) is 29.4 Å². The van der Waals surface area contributed by atoms with Gasteiger partial charge in [0.05, 0.1) is 6.10 Å². The van der Waals surface area contributed by atoms with Crippen molar-refractivity contribution in [1.29, 1.82) is 0 Å². The largest absolute Gasteiger partial charge is 0.376 e. The summed E-state index contributed by atoms with van der Waals surface area (Å²) < 4.78 is 18.6. The van der Waals surface area contributed by atoms with Crippen LogP contribution in [0.5, 0.6) is 0 Å². The summed E-state index contributed by atoms with van der Waals surface area (Å²) in [5, 5.41) is 2.91. The predicted octanol–water partition coefficient (Wildman–Crippen LogP) is 3.11. The van der Waals surface area contributed by atoms with Gasteiger partial charge in [-0.3, -0.25) is 4.98 Å². The third-order valence-corrected chi connectivity index (χ3v) is 4.22. The number of halogens is 1. The van der Waals surface area contributed by atoms with Gasteiger partial charge in [-0.2, -0.15) is 0 Å². The zero-order chi connectivity index (χ0) is 17.5. The van der Waals surface area contributed by atoms with Crippen LogP contribution in [-0.4, -0.2) is 35.2 Å². The number of aromatic nitrogens is 1. The minimum absolute atomic E-state index is 0.0819. The summed E-state index contributed by atoms with van der Waals surface area (Å²) in [5.74, 6) is -0.284. The number of nitrogens with one attached hydrogen (secondary N) is 1. The van der Waals surface area contributed by atoms with Crippen molar-refractivity contribution in [2.24, 2.45) is 0 Å². The molecule has 0 spiro atoms. The Kier molecular flexibility index (Phi) is 5.95. The zero-order valence-electron chi connectivity index (χ0n) is 14.0. The van der Waals surface area contributed by atoms with Crippen LogP contribution >= 0.6 is 0 Å². The Hall–Kier alpha value is -2.47. The quantitative estimate of drug-likeness (QED) is 0.877. The molecule has 0 saturated carbocycles. The number of pyridine rings is 1. The van der Waals surface area contributed by atoms with Gasteiger partial charge in [0.15, 0.2) is 0 Å². The fraction of sp³-hybridized carbons (Fsp3) is 0.368. The Morgan fingerprint density at radius 3 is 2.64 bits per heavy atom. The summed E-state index contributed by atoms with van der Waals surface area (Å²) in [6, 6.07) is 9.76. The summed E-state index contributed by atoms with van der Waals surface area (Å²) >= 11 is 0. The molecule has 1 saturated heterocycles. The standard InChI is InChI=1S/C19H22FN3O2/c20-17-5-3-15(4-6-17)12-22-19(24)23(14-18-2-1-11-25-18)13-16-7-9-21-10-8-16/h3-10,18H,1-2,11-14H2,(H,22,24)/t18-/m1/s1. The predicted molar refractivity (Wildman–Crippen MR) is 92.3 cm³/mol. The van der Waals surface area contributed by atoms with Gasteiger partial charge in [0.2, 0.25) is 0 Å². The molecular formula is C19H22FN3O2. The van der Waals surface area contributed by atoms with Crippen LogP contribution in [0.15, 0.2) is 48.8 Å². The highest BCUT2D eigenvalue weighted by Gasteiger charge is 2.22. The van der Waals surface area contributed by atoms with Gasteiger partial charge in [0.25, 0.3) is 0 Å². The number of urea groups is 1. The minimum atomic E-state index is -0.284. The summed E-state index contributed by atoms with van der Waals surface area (Å²) in [7, 11) is 0. The first kappa shape index (κ1) is 17.4. The Balaban J connectivity index is 1.62. The molecule has 25 heavy (non-hydrogen) atoms. The number of benzene rings is 1. The molecule has 5 nitrogen and oxygen atoms in total. The Morgan fingerprint density at radius 2 is 1.96 bits per heavy atom. The molecule has 2 aromatic rings. The van der Waals surface area contributed by atoms with Crippen molar-refractivity contribution in [2.45, 2.75) is 32.0 Å². The van der Waals surface area contributed by atoms with Crippen molar-refractivity contribution in [3.8, 4) is 0 Å². The van der Waals surface area contributed by atoms with E-state index >= 15 is 0 Å². The van der Waals surface area contributed by atoms with Crippen molar-refractivity contribution >= 4 is 6.03 Å². The molecule has 0 unspecified atom stereocenters. The molecule has 0 bridgehead atoms. The van der Waals surface area contributed by atoms with Gasteiger partial charge in [0.1, 0.15) is 5.82 Å². The molecule has 132 valence electrons. The monoisotopic (exact) mass is 343 g/mol. The van der Waals surface area contributed by atoms with Crippen LogP contribution in [0.4, 0.5) is 9.18 Å². The fourth-order valence-corrected chi connectivity index (χ4v) is 2.85. The molecule has 1 aromatic carbocycles. The van der Waals surface area contributed by atoms with Crippen molar-refractivity contribution < 1.29 is 13.9 Å². The highest BCUT2D eigenvalue weighted by molar-refractivity contribution is 5.74. The van der Waals surface area contributed by atoms with E-state index < -0.39 is 0 Å². The average molecular weight is 343 g/mol. The second-order valence-electron chi connectivity index (χ2n) is 6.16. The lowest BCUT2D eigenvalue weighted by atomic mass is 10.2. The van der Waals surface area contributed by atoms with Crippen LogP contribution in [0.3, 0.4) is 0 Å². The molecule has 1 aliphatic heterocycles. The maximum atomic E-state index is 13.0. The summed E-state index contributed by atoms with van der Waals surface area (Å²) in [4.78, 5) is 18.4. The normalized spacial score (nSPS) is 16.6. The Morgan fingerprint density at radius 1 is 1.20 bits per heavy atom. The second kappa shape index (κ2) is 8.58. The fourth-order valence-electron chi connectivity index (χ4n) is 2.85. The van der Waals surface area contributed by atoms with Crippen LogP contribution in [0.1, 0.15) is 24.0 Å². The maximum Gasteiger partial charge on any atom is 0.318 e. The van der Waals surface area contributed by atoms with Crippen LogP contribution in [0.2, 0.25) is 0 Å². The zero-order valence-corrected chi connectivity index (χ0v) is 14.0. The lowest BCUT2D eigenvalue weighted by Gasteiger charge is -2.26. The molecule has 1 fully saturated rings. The first-order chi connectivity index (χ1) is 12.2. The molecule has 1 N–H and O–H groups in total. The Labute approximate surface area is 146 Å². The van der Waals surface area contributed by atoms with E-state index in [1.807, 2.05) is 12.1 Å². The minimum Gasteiger partial charge on any atom is -0.376 e. The number of carbonyl (C=O) groups excluding carboxylic acids is 1. The number of hydrogen-bond acceptors (Lipinski definition) is 3. The smallest absolute Gasteiger partial charge is 0.318 e. The molecule has 1 atom stereocenters. The molecule has 3 rings (SSSR count). The Bertz CT molecular complexity index is 673. The molecule has 0 aliphatic carbocycles. The van der Waals surface area contributed by atoms with Gasteiger partial charge in [-0.15, -0.1) is 0 Å². The van der Waals surface area contributed by atoms with Gasteiger partial charge in [-0.1, -0.05) is 12.1 Å². The topological polar surface area (TPSA) is 54.5 Å². The summed E-state index contributed by atoms with van der Waals surface area (Å²) in [6.07, 6.45) is 5.52. The number of ether oxygens (including phenoxy) is 1. The van der Waals surface area contributed by atoms with Crippen molar-refractivity contribution in [1.82, 2.24) is 15.2 Å². The van der Waals surface area contributed by atoms with Crippen LogP contribution in [-0.2, 0) is 17.8 Å². The van der Waals surface area contributed by atoms with Crippen LogP contribution in [0.25, 0.3) is 0 Å².